The van der Waals surface area contributed by atoms with E-state index in [4.69, 9.17) is 21.1 Å². The minimum absolute atomic E-state index is 0.109. The SMILES string of the molecule is Cc1cc(C(=O)O)ccc1-c1ccc(/C=C2/NC(=O)N(Cc3ccc(Cl)cc3)C2=O)o1. The normalized spacial score (nSPS) is 14.9. The molecule has 7 nitrogen and oxygen atoms in total. The number of urea groups is 1. The zero-order valence-corrected chi connectivity index (χ0v) is 17.1. The number of aromatic carboxylic acids is 1. The Kier molecular flexibility index (Phi) is 5.35. The van der Waals surface area contributed by atoms with E-state index >= 15 is 0 Å². The zero-order chi connectivity index (χ0) is 22.1. The van der Waals surface area contributed by atoms with Crippen LogP contribution in [0.2, 0.25) is 5.02 Å². The largest absolute Gasteiger partial charge is 0.478 e. The molecular formula is C23H17ClN2O5. The van der Waals surface area contributed by atoms with Crippen molar-refractivity contribution in [2.24, 2.45) is 0 Å². The number of halogens is 1. The Morgan fingerprint density at radius 1 is 1.13 bits per heavy atom. The predicted molar refractivity (Wildman–Crippen MR) is 114 cm³/mol. The summed E-state index contributed by atoms with van der Waals surface area (Å²) < 4.78 is 5.80. The standard InChI is InChI=1S/C23H17ClN2O5/c1-13-10-15(22(28)29)4-8-18(13)20-9-7-17(31-20)11-19-21(27)26(23(30)25-19)12-14-2-5-16(24)6-3-14/h2-11H,12H2,1H3,(H,25,30)(H,28,29)/b19-11+. The minimum atomic E-state index is -1.00. The van der Waals surface area contributed by atoms with Gasteiger partial charge >= 0.3 is 12.0 Å². The lowest BCUT2D eigenvalue weighted by Crippen LogP contribution is -2.30. The number of amides is 3. The Hall–Kier alpha value is -3.84. The molecule has 1 aliphatic rings. The summed E-state index contributed by atoms with van der Waals surface area (Å²) in [4.78, 5) is 37.1. The Bertz CT molecular complexity index is 1230. The number of carboxylic acids is 1. The van der Waals surface area contributed by atoms with Gasteiger partial charge in [0.15, 0.2) is 0 Å². The van der Waals surface area contributed by atoms with E-state index in [0.29, 0.717) is 16.5 Å². The molecular weight excluding hydrogens is 420 g/mol. The second kappa shape index (κ2) is 8.12. The Balaban J connectivity index is 1.54. The van der Waals surface area contributed by atoms with Gasteiger partial charge in [-0.3, -0.25) is 9.69 Å². The Morgan fingerprint density at radius 2 is 1.87 bits per heavy atom. The molecule has 3 aromatic rings. The first-order chi connectivity index (χ1) is 14.8. The van der Waals surface area contributed by atoms with E-state index in [1.54, 1.807) is 55.5 Å². The number of hydrogen-bond donors (Lipinski definition) is 2. The zero-order valence-electron chi connectivity index (χ0n) is 16.4. The van der Waals surface area contributed by atoms with Crippen LogP contribution in [0.4, 0.5) is 4.79 Å². The van der Waals surface area contributed by atoms with Crippen LogP contribution >= 0.6 is 11.6 Å². The second-order valence-electron chi connectivity index (χ2n) is 7.04. The number of carbonyl (C=O) groups is 3. The molecule has 1 saturated heterocycles. The molecule has 0 saturated carbocycles. The van der Waals surface area contributed by atoms with Gasteiger partial charge < -0.3 is 14.8 Å². The van der Waals surface area contributed by atoms with Gasteiger partial charge in [-0.1, -0.05) is 29.8 Å². The van der Waals surface area contributed by atoms with Gasteiger partial charge in [-0.05, 0) is 54.4 Å². The molecule has 1 aromatic heterocycles. The number of nitrogens with zero attached hydrogens (tertiary/aromatic N) is 1. The highest BCUT2D eigenvalue weighted by Crippen LogP contribution is 2.28. The molecule has 0 radical (unpaired) electrons. The van der Waals surface area contributed by atoms with Gasteiger partial charge in [0.1, 0.15) is 17.2 Å². The quantitative estimate of drug-likeness (QED) is 0.446. The van der Waals surface area contributed by atoms with Crippen molar-refractivity contribution in [1.82, 2.24) is 10.2 Å². The molecule has 0 atom stereocenters. The van der Waals surface area contributed by atoms with Crippen LogP contribution < -0.4 is 5.32 Å². The van der Waals surface area contributed by atoms with Crippen LogP contribution in [-0.2, 0) is 11.3 Å². The van der Waals surface area contributed by atoms with Gasteiger partial charge in [0.25, 0.3) is 5.91 Å². The molecule has 4 rings (SSSR count). The van der Waals surface area contributed by atoms with Crippen molar-refractivity contribution in [2.75, 3.05) is 0 Å². The molecule has 156 valence electrons. The van der Waals surface area contributed by atoms with Crippen molar-refractivity contribution < 1.29 is 23.9 Å². The Morgan fingerprint density at radius 3 is 2.55 bits per heavy atom. The van der Waals surface area contributed by atoms with Crippen LogP contribution in [0.25, 0.3) is 17.4 Å². The molecule has 3 amide bonds. The summed E-state index contributed by atoms with van der Waals surface area (Å²) in [6.45, 7) is 1.91. The van der Waals surface area contributed by atoms with Gasteiger partial charge in [0.2, 0.25) is 0 Å². The summed E-state index contributed by atoms with van der Waals surface area (Å²) in [7, 11) is 0. The number of furan rings is 1. The number of nitrogens with one attached hydrogen (secondary N) is 1. The summed E-state index contributed by atoms with van der Waals surface area (Å²) in [6, 6.07) is 14.5. The van der Waals surface area contributed by atoms with E-state index < -0.39 is 17.9 Å². The van der Waals surface area contributed by atoms with Crippen LogP contribution in [0.3, 0.4) is 0 Å². The number of rotatable bonds is 5. The van der Waals surface area contributed by atoms with E-state index in [1.807, 2.05) is 0 Å². The first-order valence-electron chi connectivity index (χ1n) is 9.35. The lowest BCUT2D eigenvalue weighted by molar-refractivity contribution is -0.123. The van der Waals surface area contributed by atoms with Gasteiger partial charge in [0.05, 0.1) is 12.1 Å². The summed E-state index contributed by atoms with van der Waals surface area (Å²) >= 11 is 5.87. The fraction of sp³-hybridized carbons (Fsp3) is 0.0870. The minimum Gasteiger partial charge on any atom is -0.478 e. The van der Waals surface area contributed by atoms with Crippen molar-refractivity contribution in [3.05, 3.63) is 87.8 Å². The average Bonchev–Trinajstić information content (AvgIpc) is 3.29. The smallest absolute Gasteiger partial charge is 0.335 e. The summed E-state index contributed by atoms with van der Waals surface area (Å²) in [5.74, 6) is -0.553. The van der Waals surface area contributed by atoms with Crippen LogP contribution in [-0.4, -0.2) is 27.9 Å². The molecule has 2 heterocycles. The van der Waals surface area contributed by atoms with Crippen LogP contribution in [0, 0.1) is 6.92 Å². The van der Waals surface area contributed by atoms with Gasteiger partial charge in [-0.25, -0.2) is 9.59 Å². The molecule has 1 fully saturated rings. The van der Waals surface area contributed by atoms with E-state index in [-0.39, 0.29) is 17.8 Å². The fourth-order valence-electron chi connectivity index (χ4n) is 3.28. The molecule has 0 aliphatic carbocycles. The van der Waals surface area contributed by atoms with E-state index in [1.165, 1.54) is 12.1 Å². The molecule has 31 heavy (non-hydrogen) atoms. The molecule has 0 spiro atoms. The highest BCUT2D eigenvalue weighted by atomic mass is 35.5. The first kappa shape index (κ1) is 20.4. The molecule has 1 aliphatic heterocycles. The topological polar surface area (TPSA) is 99.9 Å². The van der Waals surface area contributed by atoms with E-state index in [2.05, 4.69) is 5.32 Å². The molecule has 8 heteroatoms. The monoisotopic (exact) mass is 436 g/mol. The molecule has 0 unspecified atom stereocenters. The summed E-state index contributed by atoms with van der Waals surface area (Å²) in [5, 5.41) is 12.2. The highest BCUT2D eigenvalue weighted by Gasteiger charge is 2.33. The number of carbonyl (C=O) groups excluding carboxylic acids is 2. The summed E-state index contributed by atoms with van der Waals surface area (Å²) in [5.41, 5.74) is 2.55. The third-order valence-electron chi connectivity index (χ3n) is 4.87. The number of benzene rings is 2. The number of imide groups is 1. The highest BCUT2D eigenvalue weighted by molar-refractivity contribution is 6.30. The number of carboxylic acid groups (broad SMARTS) is 1. The van der Waals surface area contributed by atoms with Crippen molar-refractivity contribution >= 4 is 35.6 Å². The summed E-state index contributed by atoms with van der Waals surface area (Å²) in [6.07, 6.45) is 1.46. The van der Waals surface area contributed by atoms with Gasteiger partial charge in [-0.15, -0.1) is 0 Å². The number of hydrogen-bond acceptors (Lipinski definition) is 4. The Labute approximate surface area is 182 Å². The van der Waals surface area contributed by atoms with Crippen LogP contribution in [0.5, 0.6) is 0 Å². The molecule has 2 aromatic carbocycles. The van der Waals surface area contributed by atoms with Crippen molar-refractivity contribution in [3.8, 4) is 11.3 Å². The maximum Gasteiger partial charge on any atom is 0.335 e. The second-order valence-corrected chi connectivity index (χ2v) is 7.48. The predicted octanol–water partition coefficient (Wildman–Crippen LogP) is 4.70. The molecule has 2 N–H and O–H groups in total. The lowest BCUT2D eigenvalue weighted by atomic mass is 10.0. The van der Waals surface area contributed by atoms with Crippen molar-refractivity contribution in [3.63, 3.8) is 0 Å². The average molecular weight is 437 g/mol. The maximum atomic E-state index is 12.7. The van der Waals surface area contributed by atoms with Crippen molar-refractivity contribution in [1.29, 1.82) is 0 Å². The molecule has 0 bridgehead atoms. The van der Waals surface area contributed by atoms with Crippen LogP contribution in [0.1, 0.15) is 27.2 Å². The van der Waals surface area contributed by atoms with Gasteiger partial charge in [-0.2, -0.15) is 0 Å². The lowest BCUT2D eigenvalue weighted by Gasteiger charge is -2.11. The third-order valence-corrected chi connectivity index (χ3v) is 5.12. The van der Waals surface area contributed by atoms with Crippen LogP contribution in [0.15, 0.2) is 64.7 Å². The van der Waals surface area contributed by atoms with E-state index in [9.17, 15) is 14.4 Å². The van der Waals surface area contributed by atoms with E-state index in [0.717, 1.165) is 21.6 Å². The first-order valence-corrected chi connectivity index (χ1v) is 9.73. The number of aryl methyl sites for hydroxylation is 1. The van der Waals surface area contributed by atoms with Gasteiger partial charge in [0, 0.05) is 16.7 Å². The fourth-order valence-corrected chi connectivity index (χ4v) is 3.40. The third kappa shape index (κ3) is 4.22. The van der Waals surface area contributed by atoms with Crippen molar-refractivity contribution in [2.45, 2.75) is 13.5 Å². The maximum absolute atomic E-state index is 12.7.